The fourth-order valence-electron chi connectivity index (χ4n) is 3.04. The molecule has 2 heterocycles. The van der Waals surface area contributed by atoms with Crippen molar-refractivity contribution < 1.29 is 14.3 Å². The van der Waals surface area contributed by atoms with Crippen molar-refractivity contribution in [2.45, 2.75) is 43.8 Å². The smallest absolute Gasteiger partial charge is 0.306 e. The van der Waals surface area contributed by atoms with Crippen molar-refractivity contribution in [1.29, 1.82) is 0 Å². The van der Waals surface area contributed by atoms with Gasteiger partial charge in [0.15, 0.2) is 5.16 Å². The molecular weight excluding hydrogens is 360 g/mol. The summed E-state index contributed by atoms with van der Waals surface area (Å²) in [4.78, 5) is 31.3. The molecule has 0 unspecified atom stereocenters. The Morgan fingerprint density at radius 2 is 2.12 bits per heavy atom. The van der Waals surface area contributed by atoms with Crippen LogP contribution in [0, 0.1) is 0 Å². The van der Waals surface area contributed by atoms with E-state index in [1.165, 1.54) is 35.7 Å². The van der Waals surface area contributed by atoms with Crippen molar-refractivity contribution in [3.63, 3.8) is 0 Å². The Bertz CT molecular complexity index is 828. The van der Waals surface area contributed by atoms with E-state index >= 15 is 0 Å². The molecule has 0 fully saturated rings. The van der Waals surface area contributed by atoms with Gasteiger partial charge in [-0.1, -0.05) is 11.8 Å². The molecule has 0 N–H and O–H groups in total. The summed E-state index contributed by atoms with van der Waals surface area (Å²) in [6.07, 6.45) is 4.61. The summed E-state index contributed by atoms with van der Waals surface area (Å²) in [6, 6.07) is 0. The number of carbonyl (C=O) groups is 1. The largest absolute Gasteiger partial charge is 0.469 e. The van der Waals surface area contributed by atoms with E-state index in [1.807, 2.05) is 0 Å². The number of rotatable bonds is 7. The quantitative estimate of drug-likeness (QED) is 0.416. The predicted molar refractivity (Wildman–Crippen MR) is 99.8 cm³/mol. The van der Waals surface area contributed by atoms with Crippen molar-refractivity contribution in [1.82, 2.24) is 9.55 Å². The Morgan fingerprint density at radius 1 is 1.32 bits per heavy atom. The molecule has 8 heteroatoms. The number of thiophene rings is 1. The number of thioether (sulfide) groups is 1. The second-order valence-corrected chi connectivity index (χ2v) is 8.06. The van der Waals surface area contributed by atoms with Gasteiger partial charge in [0.1, 0.15) is 4.83 Å². The molecular formula is C17H22N2O4S2. The van der Waals surface area contributed by atoms with E-state index in [1.54, 1.807) is 23.0 Å². The van der Waals surface area contributed by atoms with Gasteiger partial charge in [-0.05, 0) is 31.2 Å². The Labute approximate surface area is 154 Å². The average Bonchev–Trinajstić information content (AvgIpc) is 2.99. The molecule has 0 aromatic carbocycles. The van der Waals surface area contributed by atoms with E-state index < -0.39 is 0 Å². The number of carbonyl (C=O) groups excluding carboxylic acids is 1. The number of esters is 1. The van der Waals surface area contributed by atoms with Crippen LogP contribution in [-0.2, 0) is 33.7 Å². The van der Waals surface area contributed by atoms with Crippen LogP contribution in [0.15, 0.2) is 9.95 Å². The maximum absolute atomic E-state index is 13.1. The third-order valence-corrected chi connectivity index (χ3v) is 6.49. The number of hydrogen-bond donors (Lipinski definition) is 0. The molecule has 0 spiro atoms. The summed E-state index contributed by atoms with van der Waals surface area (Å²) in [5, 5.41) is 1.44. The van der Waals surface area contributed by atoms with Crippen LogP contribution in [0.4, 0.5) is 0 Å². The first kappa shape index (κ1) is 18.4. The maximum atomic E-state index is 13.1. The summed E-state index contributed by atoms with van der Waals surface area (Å²) >= 11 is 3.06. The van der Waals surface area contributed by atoms with Gasteiger partial charge in [-0.3, -0.25) is 14.2 Å². The van der Waals surface area contributed by atoms with Crippen LogP contribution in [0.25, 0.3) is 10.2 Å². The molecule has 1 aliphatic rings. The first-order valence-electron chi connectivity index (χ1n) is 8.39. The van der Waals surface area contributed by atoms with Gasteiger partial charge in [-0.25, -0.2) is 4.98 Å². The normalized spacial score (nSPS) is 13.8. The van der Waals surface area contributed by atoms with Gasteiger partial charge in [0.2, 0.25) is 0 Å². The second-order valence-electron chi connectivity index (χ2n) is 5.91. The molecule has 0 amide bonds. The number of methoxy groups -OCH3 is 2. The Hall–Kier alpha value is -1.38. The molecule has 0 saturated heterocycles. The first-order valence-corrected chi connectivity index (χ1v) is 10.2. The highest BCUT2D eigenvalue weighted by Crippen LogP contribution is 2.34. The first-order chi connectivity index (χ1) is 12.2. The van der Waals surface area contributed by atoms with E-state index in [-0.39, 0.29) is 11.5 Å². The van der Waals surface area contributed by atoms with E-state index in [2.05, 4.69) is 4.74 Å². The van der Waals surface area contributed by atoms with Crippen LogP contribution in [-0.4, -0.2) is 42.1 Å². The highest BCUT2D eigenvalue weighted by atomic mass is 32.2. The zero-order valence-corrected chi connectivity index (χ0v) is 16.1. The van der Waals surface area contributed by atoms with Crippen LogP contribution in [0.1, 0.15) is 29.7 Å². The molecule has 3 rings (SSSR count). The Kier molecular flexibility index (Phi) is 6.14. The monoisotopic (exact) mass is 382 g/mol. The molecule has 1 aliphatic carbocycles. The molecule has 25 heavy (non-hydrogen) atoms. The van der Waals surface area contributed by atoms with E-state index in [4.69, 9.17) is 9.72 Å². The highest BCUT2D eigenvalue weighted by molar-refractivity contribution is 7.99. The summed E-state index contributed by atoms with van der Waals surface area (Å²) < 4.78 is 11.5. The number of nitrogens with zero attached hydrogens (tertiary/aromatic N) is 2. The molecule has 6 nitrogen and oxygen atoms in total. The Balaban J connectivity index is 1.99. The van der Waals surface area contributed by atoms with Gasteiger partial charge in [0.25, 0.3) is 5.56 Å². The fourth-order valence-corrected chi connectivity index (χ4v) is 5.28. The van der Waals surface area contributed by atoms with Crippen LogP contribution < -0.4 is 5.56 Å². The number of aryl methyl sites for hydroxylation is 2. The van der Waals surface area contributed by atoms with Crippen LogP contribution in [0.3, 0.4) is 0 Å². The van der Waals surface area contributed by atoms with Crippen molar-refractivity contribution in [3.05, 3.63) is 20.8 Å². The van der Waals surface area contributed by atoms with Gasteiger partial charge in [0.05, 0.1) is 32.1 Å². The van der Waals surface area contributed by atoms with E-state index in [0.29, 0.717) is 30.5 Å². The zero-order valence-electron chi connectivity index (χ0n) is 14.5. The number of fused-ring (bicyclic) bond motifs is 3. The fraction of sp³-hybridized carbons (Fsp3) is 0.588. The predicted octanol–water partition coefficient (Wildman–Crippen LogP) is 2.64. The number of hydrogen-bond acceptors (Lipinski definition) is 7. The number of ether oxygens (including phenoxy) is 2. The van der Waals surface area contributed by atoms with Crippen molar-refractivity contribution in [2.24, 2.45) is 0 Å². The van der Waals surface area contributed by atoms with Crippen LogP contribution in [0.2, 0.25) is 0 Å². The summed E-state index contributed by atoms with van der Waals surface area (Å²) in [7, 11) is 3.00. The molecule has 2 aromatic heterocycles. The molecule has 0 bridgehead atoms. The average molecular weight is 383 g/mol. The lowest BCUT2D eigenvalue weighted by molar-refractivity contribution is -0.140. The van der Waals surface area contributed by atoms with Gasteiger partial charge in [0, 0.05) is 17.7 Å². The van der Waals surface area contributed by atoms with Crippen LogP contribution >= 0.6 is 23.1 Å². The second kappa shape index (κ2) is 8.33. The molecule has 2 aromatic rings. The van der Waals surface area contributed by atoms with Gasteiger partial charge in [-0.2, -0.15) is 0 Å². The summed E-state index contributed by atoms with van der Waals surface area (Å²) in [5.74, 6) is 0.272. The van der Waals surface area contributed by atoms with Crippen molar-refractivity contribution >= 4 is 39.3 Å². The lowest BCUT2D eigenvalue weighted by atomic mass is 9.97. The summed E-state index contributed by atoms with van der Waals surface area (Å²) in [5.41, 5.74) is 1.21. The maximum Gasteiger partial charge on any atom is 0.306 e. The minimum absolute atomic E-state index is 0.0158. The molecule has 0 saturated carbocycles. The van der Waals surface area contributed by atoms with E-state index in [0.717, 1.165) is 29.5 Å². The third kappa shape index (κ3) is 3.91. The number of aromatic nitrogens is 2. The van der Waals surface area contributed by atoms with Crippen molar-refractivity contribution in [3.8, 4) is 0 Å². The minimum atomic E-state index is -0.258. The molecule has 0 radical (unpaired) electrons. The standard InChI is InChI=1S/C17H22N2O4S2/c1-22-9-8-19-16(21)14-11-5-3-4-6-12(11)25-15(14)18-17(19)24-10-7-13(20)23-2/h3-10H2,1-2H3. The minimum Gasteiger partial charge on any atom is -0.469 e. The van der Waals surface area contributed by atoms with Crippen LogP contribution in [0.5, 0.6) is 0 Å². The lowest BCUT2D eigenvalue weighted by Gasteiger charge is -2.13. The third-order valence-electron chi connectivity index (χ3n) is 4.32. The topological polar surface area (TPSA) is 70.4 Å². The molecule has 136 valence electrons. The highest BCUT2D eigenvalue weighted by Gasteiger charge is 2.22. The van der Waals surface area contributed by atoms with E-state index in [9.17, 15) is 9.59 Å². The molecule has 0 aliphatic heterocycles. The Morgan fingerprint density at radius 3 is 2.88 bits per heavy atom. The van der Waals surface area contributed by atoms with Gasteiger partial charge in [-0.15, -0.1) is 11.3 Å². The molecule has 0 atom stereocenters. The van der Waals surface area contributed by atoms with Gasteiger partial charge < -0.3 is 9.47 Å². The summed E-state index contributed by atoms with van der Waals surface area (Å²) in [6.45, 7) is 0.910. The van der Waals surface area contributed by atoms with Gasteiger partial charge >= 0.3 is 5.97 Å². The zero-order chi connectivity index (χ0) is 17.8. The lowest BCUT2D eigenvalue weighted by Crippen LogP contribution is -2.25. The van der Waals surface area contributed by atoms with Crippen molar-refractivity contribution in [2.75, 3.05) is 26.6 Å². The SMILES string of the molecule is COCCn1c(SCCC(=O)OC)nc2sc3c(c2c1=O)CCCC3.